The van der Waals surface area contributed by atoms with E-state index in [2.05, 4.69) is 34.9 Å². The van der Waals surface area contributed by atoms with Gasteiger partial charge in [-0.15, -0.1) is 0 Å². The summed E-state index contributed by atoms with van der Waals surface area (Å²) in [6, 6.07) is 0. The number of ether oxygens (including phenoxy) is 1. The van der Waals surface area contributed by atoms with E-state index in [-0.39, 0.29) is 0 Å². The lowest BCUT2D eigenvalue weighted by molar-refractivity contribution is 0.190. The summed E-state index contributed by atoms with van der Waals surface area (Å²) in [7, 11) is 1.75. The second kappa shape index (κ2) is 8.42. The molecule has 0 amide bonds. The Kier molecular flexibility index (Phi) is 6.55. The molecular formula is C17H31N3O. The number of imidazole rings is 1. The van der Waals surface area contributed by atoms with Gasteiger partial charge in [0.25, 0.3) is 0 Å². The smallest absolute Gasteiger partial charge is 0.203 e. The largest absolute Gasteiger partial charge is 0.385 e. The van der Waals surface area contributed by atoms with Crippen molar-refractivity contribution < 1.29 is 4.74 Å². The molecule has 0 radical (unpaired) electrons. The molecule has 1 aliphatic carbocycles. The molecule has 120 valence electrons. The van der Waals surface area contributed by atoms with Gasteiger partial charge in [0.1, 0.15) is 0 Å². The first-order valence-corrected chi connectivity index (χ1v) is 8.49. The van der Waals surface area contributed by atoms with Crippen molar-refractivity contribution in [3.63, 3.8) is 0 Å². The Morgan fingerprint density at radius 2 is 2.00 bits per heavy atom. The van der Waals surface area contributed by atoms with E-state index < -0.39 is 0 Å². The Bertz CT molecular complexity index is 408. The van der Waals surface area contributed by atoms with Gasteiger partial charge in [0.05, 0.1) is 5.69 Å². The van der Waals surface area contributed by atoms with Gasteiger partial charge in [0, 0.05) is 33.0 Å². The van der Waals surface area contributed by atoms with Gasteiger partial charge in [-0.3, -0.25) is 0 Å². The van der Waals surface area contributed by atoms with Crippen LogP contribution in [0, 0.1) is 18.8 Å². The number of anilines is 1. The SMILES string of the molecule is CCC1CCC(CNc2nc(C)cn2CCCOC)CC1. The molecule has 1 saturated carbocycles. The van der Waals surface area contributed by atoms with Gasteiger partial charge < -0.3 is 14.6 Å². The molecule has 1 N–H and O–H groups in total. The van der Waals surface area contributed by atoms with Crippen LogP contribution in [0.3, 0.4) is 0 Å². The minimum atomic E-state index is 0.803. The summed E-state index contributed by atoms with van der Waals surface area (Å²) in [5, 5.41) is 3.57. The van der Waals surface area contributed by atoms with Crippen LogP contribution in [0.15, 0.2) is 6.20 Å². The third-order valence-corrected chi connectivity index (χ3v) is 4.74. The molecule has 0 bridgehead atoms. The first-order chi connectivity index (χ1) is 10.2. The predicted octanol–water partition coefficient (Wildman–Crippen LogP) is 3.86. The number of rotatable bonds is 8. The maximum Gasteiger partial charge on any atom is 0.203 e. The average Bonchev–Trinajstić information content (AvgIpc) is 2.86. The molecule has 0 aliphatic heterocycles. The highest BCUT2D eigenvalue weighted by Gasteiger charge is 2.20. The Labute approximate surface area is 129 Å². The van der Waals surface area contributed by atoms with Crippen LogP contribution in [0.25, 0.3) is 0 Å². The van der Waals surface area contributed by atoms with E-state index in [9.17, 15) is 0 Å². The van der Waals surface area contributed by atoms with Crippen molar-refractivity contribution >= 4 is 5.95 Å². The maximum absolute atomic E-state index is 5.13. The van der Waals surface area contributed by atoms with Crippen molar-refractivity contribution in [2.24, 2.45) is 11.8 Å². The highest BCUT2D eigenvalue weighted by Crippen LogP contribution is 2.30. The summed E-state index contributed by atoms with van der Waals surface area (Å²) in [5.74, 6) is 2.82. The summed E-state index contributed by atoms with van der Waals surface area (Å²) in [6.07, 6.45) is 10.1. The molecule has 1 aromatic rings. The van der Waals surface area contributed by atoms with Gasteiger partial charge in [0.15, 0.2) is 0 Å². The minimum absolute atomic E-state index is 0.803. The van der Waals surface area contributed by atoms with Crippen molar-refractivity contribution in [2.75, 3.05) is 25.6 Å². The van der Waals surface area contributed by atoms with Crippen molar-refractivity contribution in [3.05, 3.63) is 11.9 Å². The molecule has 21 heavy (non-hydrogen) atoms. The molecule has 1 fully saturated rings. The van der Waals surface area contributed by atoms with Crippen LogP contribution in [0.2, 0.25) is 0 Å². The number of aromatic nitrogens is 2. The standard InChI is InChI=1S/C17H31N3O/c1-4-15-6-8-16(9-7-15)12-18-17-19-14(2)13-20(17)10-5-11-21-3/h13,15-16H,4-12H2,1-3H3,(H,18,19). The second-order valence-electron chi connectivity index (χ2n) is 6.42. The Balaban J connectivity index is 1.79. The van der Waals surface area contributed by atoms with Gasteiger partial charge in [-0.1, -0.05) is 26.2 Å². The Hall–Kier alpha value is -1.03. The number of methoxy groups -OCH3 is 1. The first-order valence-electron chi connectivity index (χ1n) is 8.49. The molecule has 0 atom stereocenters. The predicted molar refractivity (Wildman–Crippen MR) is 87.7 cm³/mol. The zero-order chi connectivity index (χ0) is 15.1. The monoisotopic (exact) mass is 293 g/mol. The third-order valence-electron chi connectivity index (χ3n) is 4.74. The molecule has 1 aromatic heterocycles. The number of nitrogens with zero attached hydrogens (tertiary/aromatic N) is 2. The van der Waals surface area contributed by atoms with Crippen LogP contribution in [0.5, 0.6) is 0 Å². The highest BCUT2D eigenvalue weighted by molar-refractivity contribution is 5.28. The highest BCUT2D eigenvalue weighted by atomic mass is 16.5. The van der Waals surface area contributed by atoms with E-state index in [0.717, 1.165) is 49.6 Å². The minimum Gasteiger partial charge on any atom is -0.385 e. The van der Waals surface area contributed by atoms with Crippen LogP contribution in [0.1, 0.15) is 51.1 Å². The van der Waals surface area contributed by atoms with Crippen molar-refractivity contribution in [2.45, 2.75) is 58.9 Å². The lowest BCUT2D eigenvalue weighted by Gasteiger charge is -2.28. The normalized spacial score (nSPS) is 22.4. The van der Waals surface area contributed by atoms with Crippen molar-refractivity contribution in [3.8, 4) is 0 Å². The number of nitrogens with one attached hydrogen (secondary N) is 1. The van der Waals surface area contributed by atoms with Gasteiger partial charge in [-0.2, -0.15) is 0 Å². The zero-order valence-electron chi connectivity index (χ0n) is 13.9. The Morgan fingerprint density at radius 3 is 2.67 bits per heavy atom. The third kappa shape index (κ3) is 5.03. The first kappa shape index (κ1) is 16.3. The number of aryl methyl sites for hydroxylation is 2. The second-order valence-corrected chi connectivity index (χ2v) is 6.42. The van der Waals surface area contributed by atoms with E-state index in [1.807, 2.05) is 0 Å². The summed E-state index contributed by atoms with van der Waals surface area (Å²) >= 11 is 0. The average molecular weight is 293 g/mol. The number of hydrogen-bond acceptors (Lipinski definition) is 3. The topological polar surface area (TPSA) is 39.1 Å². The lowest BCUT2D eigenvalue weighted by Crippen LogP contribution is -2.22. The lowest BCUT2D eigenvalue weighted by atomic mass is 9.81. The molecule has 2 rings (SSSR count). The fourth-order valence-corrected chi connectivity index (χ4v) is 3.32. The van der Waals surface area contributed by atoms with E-state index in [1.165, 1.54) is 32.1 Å². The maximum atomic E-state index is 5.13. The van der Waals surface area contributed by atoms with Crippen LogP contribution in [0.4, 0.5) is 5.95 Å². The van der Waals surface area contributed by atoms with E-state index in [1.54, 1.807) is 7.11 Å². The fraction of sp³-hybridized carbons (Fsp3) is 0.824. The molecule has 0 saturated heterocycles. The van der Waals surface area contributed by atoms with E-state index in [4.69, 9.17) is 4.74 Å². The molecule has 0 aromatic carbocycles. The molecule has 1 heterocycles. The van der Waals surface area contributed by atoms with Gasteiger partial charge in [-0.25, -0.2) is 4.98 Å². The summed E-state index contributed by atoms with van der Waals surface area (Å²) < 4.78 is 7.36. The summed E-state index contributed by atoms with van der Waals surface area (Å²) in [4.78, 5) is 4.62. The number of hydrogen-bond donors (Lipinski definition) is 1. The van der Waals surface area contributed by atoms with Crippen LogP contribution in [-0.2, 0) is 11.3 Å². The molecule has 4 nitrogen and oxygen atoms in total. The molecule has 1 aliphatic rings. The molecule has 0 unspecified atom stereocenters. The Morgan fingerprint density at radius 1 is 1.29 bits per heavy atom. The molecule has 4 heteroatoms. The fourth-order valence-electron chi connectivity index (χ4n) is 3.32. The summed E-state index contributed by atoms with van der Waals surface area (Å²) in [6.45, 7) is 7.22. The summed E-state index contributed by atoms with van der Waals surface area (Å²) in [5.41, 5.74) is 1.09. The quantitative estimate of drug-likeness (QED) is 0.740. The molecule has 0 spiro atoms. The van der Waals surface area contributed by atoms with Gasteiger partial charge >= 0.3 is 0 Å². The van der Waals surface area contributed by atoms with Gasteiger partial charge in [0.2, 0.25) is 5.95 Å². The van der Waals surface area contributed by atoms with Crippen molar-refractivity contribution in [1.82, 2.24) is 9.55 Å². The van der Waals surface area contributed by atoms with E-state index in [0.29, 0.717) is 0 Å². The molecular weight excluding hydrogens is 262 g/mol. The van der Waals surface area contributed by atoms with Gasteiger partial charge in [-0.05, 0) is 38.0 Å². The van der Waals surface area contributed by atoms with E-state index >= 15 is 0 Å². The van der Waals surface area contributed by atoms with Crippen LogP contribution >= 0.6 is 0 Å². The van der Waals surface area contributed by atoms with Crippen LogP contribution in [-0.4, -0.2) is 29.8 Å². The van der Waals surface area contributed by atoms with Crippen molar-refractivity contribution in [1.29, 1.82) is 0 Å². The van der Waals surface area contributed by atoms with Crippen LogP contribution < -0.4 is 5.32 Å². The zero-order valence-corrected chi connectivity index (χ0v) is 13.9.